The number of hydrogen-bond acceptors (Lipinski definition) is 3. The summed E-state index contributed by atoms with van der Waals surface area (Å²) >= 11 is 0. The summed E-state index contributed by atoms with van der Waals surface area (Å²) in [5.74, 6) is 0.154. The average molecular weight is 242 g/mol. The first kappa shape index (κ1) is 14.5. The molecule has 0 bridgehead atoms. The fourth-order valence-electron chi connectivity index (χ4n) is 2.18. The van der Waals surface area contributed by atoms with Gasteiger partial charge in [-0.2, -0.15) is 0 Å². The quantitative estimate of drug-likeness (QED) is 0.637. The van der Waals surface area contributed by atoms with Crippen LogP contribution in [0.1, 0.15) is 46.0 Å². The van der Waals surface area contributed by atoms with Crippen molar-refractivity contribution >= 4 is 5.91 Å². The summed E-state index contributed by atoms with van der Waals surface area (Å²) in [4.78, 5) is 13.8. The third kappa shape index (κ3) is 5.50. The third-order valence-corrected chi connectivity index (χ3v) is 3.41. The lowest BCUT2D eigenvalue weighted by Crippen LogP contribution is -2.39. The summed E-state index contributed by atoms with van der Waals surface area (Å²) in [6, 6.07) is 0.929. The molecule has 1 aliphatic carbocycles. The van der Waals surface area contributed by atoms with E-state index in [1.165, 1.54) is 0 Å². The molecule has 0 saturated heterocycles. The van der Waals surface area contributed by atoms with Gasteiger partial charge in [0.1, 0.15) is 0 Å². The maximum atomic E-state index is 11.6. The Bertz CT molecular complexity index is 225. The minimum atomic E-state index is 0.154. The molecule has 0 unspecified atom stereocenters. The second-order valence-corrected chi connectivity index (χ2v) is 4.82. The summed E-state index contributed by atoms with van der Waals surface area (Å²) in [6.45, 7) is 5.90. The molecular formula is C13H26N2O2. The molecular weight excluding hydrogens is 216 g/mol. The molecule has 0 aromatic carbocycles. The van der Waals surface area contributed by atoms with E-state index in [4.69, 9.17) is 5.11 Å². The van der Waals surface area contributed by atoms with Gasteiger partial charge in [0.2, 0.25) is 5.91 Å². The van der Waals surface area contributed by atoms with Crippen LogP contribution >= 0.6 is 0 Å². The lowest BCUT2D eigenvalue weighted by Gasteiger charge is -2.29. The molecule has 0 aliphatic heterocycles. The van der Waals surface area contributed by atoms with Crippen LogP contribution in [-0.2, 0) is 4.79 Å². The normalized spacial score (nSPS) is 15.6. The van der Waals surface area contributed by atoms with Gasteiger partial charge in [0, 0.05) is 31.6 Å². The SMILES string of the molecule is CCC(CC)N(CCO)CCC(=O)NC1CC1. The number of nitrogens with zero attached hydrogens (tertiary/aromatic N) is 1. The van der Waals surface area contributed by atoms with Crippen molar-refractivity contribution < 1.29 is 9.90 Å². The van der Waals surface area contributed by atoms with Crippen molar-refractivity contribution in [3.63, 3.8) is 0 Å². The number of aliphatic hydroxyl groups is 1. The standard InChI is InChI=1S/C13H26N2O2/c1-3-12(4-2)15(9-10-16)8-7-13(17)14-11-5-6-11/h11-12,16H,3-10H2,1-2H3,(H,14,17). The Hall–Kier alpha value is -0.610. The van der Waals surface area contributed by atoms with Gasteiger partial charge in [-0.15, -0.1) is 0 Å². The van der Waals surface area contributed by atoms with Gasteiger partial charge in [0.25, 0.3) is 0 Å². The predicted octanol–water partition coefficient (Wildman–Crippen LogP) is 1.14. The van der Waals surface area contributed by atoms with E-state index in [0.29, 0.717) is 25.0 Å². The number of rotatable bonds is 9. The maximum Gasteiger partial charge on any atom is 0.221 e. The van der Waals surface area contributed by atoms with Gasteiger partial charge in [-0.05, 0) is 25.7 Å². The fraction of sp³-hybridized carbons (Fsp3) is 0.923. The molecule has 1 rings (SSSR count). The van der Waals surface area contributed by atoms with Crippen molar-refractivity contribution in [2.75, 3.05) is 19.7 Å². The molecule has 100 valence electrons. The Morgan fingerprint density at radius 1 is 1.35 bits per heavy atom. The van der Waals surface area contributed by atoms with Gasteiger partial charge in [0.15, 0.2) is 0 Å². The molecule has 0 radical (unpaired) electrons. The Labute approximate surface area is 104 Å². The van der Waals surface area contributed by atoms with Crippen molar-refractivity contribution in [3.05, 3.63) is 0 Å². The molecule has 0 aromatic rings. The predicted molar refractivity (Wildman–Crippen MR) is 68.8 cm³/mol. The van der Waals surface area contributed by atoms with Crippen LogP contribution in [0.4, 0.5) is 0 Å². The number of carbonyl (C=O) groups is 1. The largest absolute Gasteiger partial charge is 0.395 e. The van der Waals surface area contributed by atoms with E-state index >= 15 is 0 Å². The van der Waals surface area contributed by atoms with Gasteiger partial charge >= 0.3 is 0 Å². The molecule has 1 saturated carbocycles. The second kappa shape index (κ2) is 7.67. The van der Waals surface area contributed by atoms with Crippen LogP contribution in [0.3, 0.4) is 0 Å². The first-order chi connectivity index (χ1) is 8.21. The van der Waals surface area contributed by atoms with Crippen LogP contribution < -0.4 is 5.32 Å². The smallest absolute Gasteiger partial charge is 0.221 e. The summed E-state index contributed by atoms with van der Waals surface area (Å²) in [5.41, 5.74) is 0. The molecule has 4 heteroatoms. The van der Waals surface area contributed by atoms with Gasteiger partial charge in [-0.1, -0.05) is 13.8 Å². The zero-order valence-corrected chi connectivity index (χ0v) is 11.1. The zero-order valence-electron chi connectivity index (χ0n) is 11.1. The number of amides is 1. The van der Waals surface area contributed by atoms with Crippen LogP contribution in [0.15, 0.2) is 0 Å². The van der Waals surface area contributed by atoms with Crippen LogP contribution in [0.5, 0.6) is 0 Å². The minimum absolute atomic E-state index is 0.154. The van der Waals surface area contributed by atoms with Crippen molar-refractivity contribution in [2.24, 2.45) is 0 Å². The fourth-order valence-corrected chi connectivity index (χ4v) is 2.18. The van der Waals surface area contributed by atoms with Crippen LogP contribution in [0, 0.1) is 0 Å². The van der Waals surface area contributed by atoms with Crippen LogP contribution in [0.25, 0.3) is 0 Å². The van der Waals surface area contributed by atoms with E-state index < -0.39 is 0 Å². The van der Waals surface area contributed by atoms with Crippen molar-refractivity contribution in [1.82, 2.24) is 10.2 Å². The maximum absolute atomic E-state index is 11.6. The summed E-state index contributed by atoms with van der Waals surface area (Å²) in [5, 5.41) is 12.1. The number of aliphatic hydroxyl groups excluding tert-OH is 1. The lowest BCUT2D eigenvalue weighted by molar-refractivity contribution is -0.121. The molecule has 1 aliphatic rings. The van der Waals surface area contributed by atoms with Crippen LogP contribution in [0.2, 0.25) is 0 Å². The Morgan fingerprint density at radius 3 is 2.47 bits per heavy atom. The van der Waals surface area contributed by atoms with E-state index in [2.05, 4.69) is 24.1 Å². The summed E-state index contributed by atoms with van der Waals surface area (Å²) < 4.78 is 0. The van der Waals surface area contributed by atoms with Gasteiger partial charge in [-0.25, -0.2) is 0 Å². The lowest BCUT2D eigenvalue weighted by atomic mass is 10.1. The molecule has 1 fully saturated rings. The Morgan fingerprint density at radius 2 is 2.00 bits per heavy atom. The molecule has 2 N–H and O–H groups in total. The second-order valence-electron chi connectivity index (χ2n) is 4.82. The molecule has 0 aromatic heterocycles. The molecule has 0 heterocycles. The van der Waals surface area contributed by atoms with Crippen molar-refractivity contribution in [1.29, 1.82) is 0 Å². The highest BCUT2D eigenvalue weighted by molar-refractivity contribution is 5.76. The highest BCUT2D eigenvalue weighted by atomic mass is 16.3. The number of nitrogens with one attached hydrogen (secondary N) is 1. The summed E-state index contributed by atoms with van der Waals surface area (Å²) in [6.07, 6.45) is 4.96. The molecule has 0 atom stereocenters. The Balaban J connectivity index is 2.28. The van der Waals surface area contributed by atoms with E-state index in [9.17, 15) is 4.79 Å². The molecule has 4 nitrogen and oxygen atoms in total. The first-order valence-corrected chi connectivity index (χ1v) is 6.85. The van der Waals surface area contributed by atoms with Crippen molar-refractivity contribution in [3.8, 4) is 0 Å². The highest BCUT2D eigenvalue weighted by Crippen LogP contribution is 2.18. The average Bonchev–Trinajstić information content (AvgIpc) is 3.11. The van der Waals surface area contributed by atoms with Gasteiger partial charge in [-0.3, -0.25) is 9.69 Å². The molecule has 0 spiro atoms. The van der Waals surface area contributed by atoms with E-state index in [1.54, 1.807) is 0 Å². The van der Waals surface area contributed by atoms with E-state index in [-0.39, 0.29) is 12.5 Å². The minimum Gasteiger partial charge on any atom is -0.395 e. The summed E-state index contributed by atoms with van der Waals surface area (Å²) in [7, 11) is 0. The molecule has 1 amide bonds. The van der Waals surface area contributed by atoms with Crippen LogP contribution in [-0.4, -0.2) is 47.7 Å². The molecule has 17 heavy (non-hydrogen) atoms. The van der Waals surface area contributed by atoms with Gasteiger partial charge in [0.05, 0.1) is 6.61 Å². The topological polar surface area (TPSA) is 52.6 Å². The monoisotopic (exact) mass is 242 g/mol. The Kier molecular flexibility index (Phi) is 6.52. The zero-order chi connectivity index (χ0) is 12.7. The number of carbonyl (C=O) groups excluding carboxylic acids is 1. The third-order valence-electron chi connectivity index (χ3n) is 3.41. The van der Waals surface area contributed by atoms with Gasteiger partial charge < -0.3 is 10.4 Å². The highest BCUT2D eigenvalue weighted by Gasteiger charge is 2.23. The number of hydrogen-bond donors (Lipinski definition) is 2. The van der Waals surface area contributed by atoms with Crippen molar-refractivity contribution in [2.45, 2.75) is 58.0 Å². The van der Waals surface area contributed by atoms with E-state index in [1.807, 2.05) is 0 Å². The first-order valence-electron chi connectivity index (χ1n) is 6.85. The van der Waals surface area contributed by atoms with E-state index in [0.717, 1.165) is 32.2 Å².